The molecule has 128 valence electrons. The second-order valence-corrected chi connectivity index (χ2v) is 10.3. The molecular weight excluding hydrogens is 385 g/mol. The molecule has 24 heavy (non-hydrogen) atoms. The van der Waals surface area contributed by atoms with Gasteiger partial charge in [0.2, 0.25) is 0 Å². The van der Waals surface area contributed by atoms with Crippen LogP contribution < -0.4 is 4.72 Å². The number of thiophene rings is 1. The molecule has 0 spiro atoms. The van der Waals surface area contributed by atoms with E-state index in [4.69, 9.17) is 23.2 Å². The predicted octanol–water partition coefficient (Wildman–Crippen LogP) is 4.53. The number of fused-ring (bicyclic) bond motifs is 3. The summed E-state index contributed by atoms with van der Waals surface area (Å²) >= 11 is 13.3. The van der Waals surface area contributed by atoms with Crippen LogP contribution in [-0.4, -0.2) is 14.5 Å². The molecular formula is C17H17Cl2NO2S2. The molecule has 3 nitrogen and oxygen atoms in total. The fourth-order valence-electron chi connectivity index (χ4n) is 4.08. The maximum absolute atomic E-state index is 12.7. The third-order valence-electron chi connectivity index (χ3n) is 5.18. The normalized spacial score (nSPS) is 26.2. The van der Waals surface area contributed by atoms with Crippen molar-refractivity contribution in [1.82, 2.24) is 4.72 Å². The van der Waals surface area contributed by atoms with Crippen LogP contribution in [0.3, 0.4) is 0 Å². The van der Waals surface area contributed by atoms with Crippen LogP contribution in [0.5, 0.6) is 0 Å². The van der Waals surface area contributed by atoms with E-state index in [0.29, 0.717) is 16.9 Å². The van der Waals surface area contributed by atoms with Crippen LogP contribution in [0.1, 0.15) is 24.0 Å². The highest BCUT2D eigenvalue weighted by atomic mass is 35.5. The maximum Gasteiger partial charge on any atom is 0.251 e. The minimum Gasteiger partial charge on any atom is -0.207 e. The smallest absolute Gasteiger partial charge is 0.207 e. The van der Waals surface area contributed by atoms with Crippen LogP contribution in [-0.2, 0) is 22.9 Å². The molecule has 7 heteroatoms. The second-order valence-electron chi connectivity index (χ2n) is 6.62. The number of hydrogen-bond donors (Lipinski definition) is 1. The van der Waals surface area contributed by atoms with E-state index < -0.39 is 10.0 Å². The van der Waals surface area contributed by atoms with Crippen LogP contribution in [0.25, 0.3) is 0 Å². The average molecular weight is 402 g/mol. The Labute approximate surface area is 156 Å². The Balaban J connectivity index is 1.63. The molecule has 0 amide bonds. The molecule has 1 fully saturated rings. The molecule has 1 heterocycles. The summed E-state index contributed by atoms with van der Waals surface area (Å²) in [5.74, 6) is 0.633. The molecule has 1 saturated carbocycles. The molecule has 1 aromatic carbocycles. The van der Waals surface area contributed by atoms with Crippen molar-refractivity contribution in [3.63, 3.8) is 0 Å². The number of sulfonamides is 1. The van der Waals surface area contributed by atoms with Gasteiger partial charge in [-0.2, -0.15) is 0 Å². The van der Waals surface area contributed by atoms with Crippen molar-refractivity contribution < 1.29 is 8.42 Å². The lowest BCUT2D eigenvalue weighted by atomic mass is 9.93. The van der Waals surface area contributed by atoms with Crippen LogP contribution >= 0.6 is 34.5 Å². The number of benzene rings is 1. The molecule has 0 aliphatic heterocycles. The largest absolute Gasteiger partial charge is 0.251 e. The Morgan fingerprint density at radius 3 is 2.42 bits per heavy atom. The second kappa shape index (κ2) is 6.29. The Morgan fingerprint density at radius 2 is 1.75 bits per heavy atom. The van der Waals surface area contributed by atoms with Gasteiger partial charge in [0.1, 0.15) is 0 Å². The lowest BCUT2D eigenvalue weighted by Gasteiger charge is -2.23. The van der Waals surface area contributed by atoms with E-state index in [1.165, 1.54) is 11.1 Å². The molecule has 1 aromatic heterocycles. The van der Waals surface area contributed by atoms with E-state index in [1.807, 2.05) is 12.1 Å². The van der Waals surface area contributed by atoms with Crippen molar-refractivity contribution >= 4 is 44.6 Å². The molecule has 1 N–H and O–H groups in total. The van der Waals surface area contributed by atoms with Crippen molar-refractivity contribution in [2.45, 2.75) is 35.9 Å². The van der Waals surface area contributed by atoms with Crippen molar-refractivity contribution in [2.24, 2.45) is 11.8 Å². The Kier molecular flexibility index (Phi) is 4.42. The summed E-state index contributed by atoms with van der Waals surface area (Å²) in [5.41, 5.74) is 2.55. The zero-order valence-corrected chi connectivity index (χ0v) is 16.0. The third-order valence-corrected chi connectivity index (χ3v) is 8.89. The number of hydrogen-bond acceptors (Lipinski definition) is 3. The SMILES string of the molecule is O=S(=O)(NC1C2CCC1Cc1cc(Cl)ccc1C2)c1sccc1Cl. The molecule has 2 aliphatic carbocycles. The monoisotopic (exact) mass is 401 g/mol. The van der Waals surface area contributed by atoms with Gasteiger partial charge in [0, 0.05) is 11.1 Å². The highest BCUT2D eigenvalue weighted by molar-refractivity contribution is 7.91. The van der Waals surface area contributed by atoms with Crippen LogP contribution in [0.4, 0.5) is 0 Å². The van der Waals surface area contributed by atoms with E-state index in [1.54, 1.807) is 11.4 Å². The first-order valence-electron chi connectivity index (χ1n) is 7.96. The lowest BCUT2D eigenvalue weighted by Crippen LogP contribution is -2.41. The van der Waals surface area contributed by atoms with Gasteiger partial charge in [0.25, 0.3) is 10.0 Å². The summed E-state index contributed by atoms with van der Waals surface area (Å²) in [7, 11) is -3.57. The molecule has 2 aromatic rings. The summed E-state index contributed by atoms with van der Waals surface area (Å²) in [6.07, 6.45) is 3.87. The maximum atomic E-state index is 12.7. The lowest BCUT2D eigenvalue weighted by molar-refractivity contribution is 0.386. The average Bonchev–Trinajstić information content (AvgIpc) is 3.05. The molecule has 0 saturated heterocycles. The number of halogens is 2. The van der Waals surface area contributed by atoms with Gasteiger partial charge in [-0.25, -0.2) is 13.1 Å². The zero-order chi connectivity index (χ0) is 16.9. The van der Waals surface area contributed by atoms with Gasteiger partial charge in [-0.15, -0.1) is 11.3 Å². The van der Waals surface area contributed by atoms with Crippen molar-refractivity contribution in [2.75, 3.05) is 0 Å². The third kappa shape index (κ3) is 3.01. The minimum absolute atomic E-state index is 0.0423. The molecule has 3 unspecified atom stereocenters. The molecule has 3 atom stereocenters. The minimum atomic E-state index is -3.57. The predicted molar refractivity (Wildman–Crippen MR) is 98.5 cm³/mol. The number of nitrogens with one attached hydrogen (secondary N) is 1. The van der Waals surface area contributed by atoms with E-state index in [0.717, 1.165) is 42.0 Å². The summed E-state index contributed by atoms with van der Waals surface area (Å²) in [6, 6.07) is 7.61. The van der Waals surface area contributed by atoms with Gasteiger partial charge >= 0.3 is 0 Å². The standard InChI is InChI=1S/C17H17Cl2NO2S2/c18-14-4-3-10-7-11-1-2-12(8-13(10)9-14)16(11)20-24(21,22)17-15(19)5-6-23-17/h3-6,9,11-12,16,20H,1-2,7-8H2. The molecule has 4 rings (SSSR count). The van der Waals surface area contributed by atoms with Gasteiger partial charge in [-0.1, -0.05) is 29.3 Å². The Morgan fingerprint density at radius 1 is 1.04 bits per heavy atom. The van der Waals surface area contributed by atoms with Crippen LogP contribution in [0, 0.1) is 11.8 Å². The van der Waals surface area contributed by atoms with Crippen molar-refractivity contribution in [1.29, 1.82) is 0 Å². The highest BCUT2D eigenvalue weighted by Gasteiger charge is 2.41. The summed E-state index contributed by atoms with van der Waals surface area (Å²) in [6.45, 7) is 0. The summed E-state index contributed by atoms with van der Waals surface area (Å²) < 4.78 is 28.6. The topological polar surface area (TPSA) is 46.2 Å². The fraction of sp³-hybridized carbons (Fsp3) is 0.412. The van der Waals surface area contributed by atoms with Crippen LogP contribution in [0.2, 0.25) is 10.0 Å². The van der Waals surface area contributed by atoms with Crippen molar-refractivity contribution in [3.05, 3.63) is 50.8 Å². The van der Waals surface area contributed by atoms with Crippen LogP contribution in [0.15, 0.2) is 33.9 Å². The molecule has 2 bridgehead atoms. The van der Waals surface area contributed by atoms with E-state index in [-0.39, 0.29) is 10.3 Å². The first-order valence-corrected chi connectivity index (χ1v) is 11.1. The Bertz CT molecular complexity index is 878. The van der Waals surface area contributed by atoms with E-state index in [2.05, 4.69) is 10.8 Å². The first-order chi connectivity index (χ1) is 11.4. The van der Waals surface area contributed by atoms with Gasteiger partial charge < -0.3 is 0 Å². The quantitative estimate of drug-likeness (QED) is 0.820. The first kappa shape index (κ1) is 16.9. The summed E-state index contributed by atoms with van der Waals surface area (Å²) in [5, 5.41) is 2.74. The van der Waals surface area contributed by atoms with Gasteiger partial charge in [0.05, 0.1) is 5.02 Å². The molecule has 0 radical (unpaired) electrons. The zero-order valence-electron chi connectivity index (χ0n) is 12.8. The van der Waals surface area contributed by atoms with Crippen molar-refractivity contribution in [3.8, 4) is 0 Å². The highest BCUT2D eigenvalue weighted by Crippen LogP contribution is 2.41. The fourth-order valence-corrected chi connectivity index (χ4v) is 7.35. The summed E-state index contributed by atoms with van der Waals surface area (Å²) in [4.78, 5) is 0. The number of rotatable bonds is 3. The molecule has 2 aliphatic rings. The van der Waals surface area contributed by atoms with E-state index in [9.17, 15) is 8.42 Å². The van der Waals surface area contributed by atoms with E-state index >= 15 is 0 Å². The van der Waals surface area contributed by atoms with Gasteiger partial charge in [-0.3, -0.25) is 0 Å². The van der Waals surface area contributed by atoms with Gasteiger partial charge in [-0.05, 0) is 72.2 Å². The Hall–Kier alpha value is -0.590. The van der Waals surface area contributed by atoms with Gasteiger partial charge in [0.15, 0.2) is 4.21 Å².